The molecule has 0 amide bonds. The summed E-state index contributed by atoms with van der Waals surface area (Å²) in [5.74, 6) is 0.607. The number of nitrogens with one attached hydrogen (secondary N) is 1. The maximum absolute atomic E-state index is 10.8. The molecule has 1 aliphatic carbocycles. The van der Waals surface area contributed by atoms with Crippen molar-refractivity contribution in [2.75, 3.05) is 11.9 Å². The summed E-state index contributed by atoms with van der Waals surface area (Å²) in [5.41, 5.74) is 0.945. The van der Waals surface area contributed by atoms with Gasteiger partial charge >= 0.3 is 5.69 Å². The van der Waals surface area contributed by atoms with E-state index in [0.717, 1.165) is 6.54 Å². The maximum atomic E-state index is 10.8. The summed E-state index contributed by atoms with van der Waals surface area (Å²) in [7, 11) is 0. The predicted octanol–water partition coefficient (Wildman–Crippen LogP) is 2.84. The molecule has 0 bridgehead atoms. The molecule has 5 nitrogen and oxygen atoms in total. The van der Waals surface area contributed by atoms with Crippen molar-refractivity contribution >= 4 is 11.4 Å². The van der Waals surface area contributed by atoms with Crippen LogP contribution in [-0.2, 0) is 0 Å². The summed E-state index contributed by atoms with van der Waals surface area (Å²) in [6, 6.07) is 1.66. The molecule has 0 unspecified atom stereocenters. The SMILES string of the molecule is CC(C)C1(CNc2ccncc2[N+](=O)[O-])CC1. The molecule has 92 valence electrons. The molecule has 1 aromatic heterocycles. The Balaban J connectivity index is 2.07. The summed E-state index contributed by atoms with van der Waals surface area (Å²) in [5, 5.41) is 14.0. The summed E-state index contributed by atoms with van der Waals surface area (Å²) in [6.07, 6.45) is 5.27. The molecule has 0 radical (unpaired) electrons. The first-order valence-electron chi connectivity index (χ1n) is 5.87. The zero-order valence-corrected chi connectivity index (χ0v) is 10.1. The van der Waals surface area contributed by atoms with Gasteiger partial charge in [0.2, 0.25) is 0 Å². The standard InChI is InChI=1S/C12H17N3O2/c1-9(2)12(4-5-12)8-14-10-3-6-13-7-11(10)15(16)17/h3,6-7,9H,4-5,8H2,1-2H3,(H,13,14). The van der Waals surface area contributed by atoms with E-state index in [1.165, 1.54) is 19.0 Å². The molecule has 0 saturated heterocycles. The summed E-state index contributed by atoms with van der Waals surface area (Å²) < 4.78 is 0. The molecule has 0 atom stereocenters. The monoisotopic (exact) mass is 235 g/mol. The normalized spacial score (nSPS) is 16.9. The first kappa shape index (κ1) is 11.8. The molecule has 0 spiro atoms. The van der Waals surface area contributed by atoms with E-state index in [-0.39, 0.29) is 5.69 Å². The first-order valence-corrected chi connectivity index (χ1v) is 5.87. The fourth-order valence-electron chi connectivity index (χ4n) is 2.07. The van der Waals surface area contributed by atoms with Gasteiger partial charge in [0.25, 0.3) is 0 Å². The molecule has 1 aromatic rings. The van der Waals surface area contributed by atoms with Crippen molar-refractivity contribution in [1.82, 2.24) is 4.98 Å². The van der Waals surface area contributed by atoms with E-state index in [1.54, 1.807) is 12.3 Å². The van der Waals surface area contributed by atoms with Gasteiger partial charge < -0.3 is 5.32 Å². The van der Waals surface area contributed by atoms with Crippen LogP contribution in [0.25, 0.3) is 0 Å². The Hall–Kier alpha value is -1.65. The van der Waals surface area contributed by atoms with E-state index in [2.05, 4.69) is 24.1 Å². The quantitative estimate of drug-likeness (QED) is 0.629. The van der Waals surface area contributed by atoms with E-state index in [0.29, 0.717) is 17.0 Å². The summed E-state index contributed by atoms with van der Waals surface area (Å²) in [6.45, 7) is 5.21. The van der Waals surface area contributed by atoms with Gasteiger partial charge in [-0.2, -0.15) is 0 Å². The van der Waals surface area contributed by atoms with Gasteiger partial charge in [0, 0.05) is 12.7 Å². The lowest BCUT2D eigenvalue weighted by molar-refractivity contribution is -0.384. The minimum atomic E-state index is -0.399. The van der Waals surface area contributed by atoms with E-state index in [1.807, 2.05) is 0 Å². The van der Waals surface area contributed by atoms with Crippen molar-refractivity contribution in [2.24, 2.45) is 11.3 Å². The highest BCUT2D eigenvalue weighted by molar-refractivity contribution is 5.59. The van der Waals surface area contributed by atoms with E-state index >= 15 is 0 Å². The Labute approximate surface area is 100 Å². The van der Waals surface area contributed by atoms with Gasteiger partial charge in [0.05, 0.1) is 4.92 Å². The van der Waals surface area contributed by atoms with Crippen LogP contribution in [0.1, 0.15) is 26.7 Å². The number of rotatable bonds is 5. The van der Waals surface area contributed by atoms with Crippen LogP contribution in [0.3, 0.4) is 0 Å². The highest BCUT2D eigenvalue weighted by Gasteiger charge is 2.45. The maximum Gasteiger partial charge on any atom is 0.310 e. The molecule has 5 heteroatoms. The molecule has 0 aromatic carbocycles. The molecule has 17 heavy (non-hydrogen) atoms. The lowest BCUT2D eigenvalue weighted by atomic mass is 9.92. The zero-order valence-electron chi connectivity index (χ0n) is 10.1. The fourth-order valence-corrected chi connectivity index (χ4v) is 2.07. The summed E-state index contributed by atoms with van der Waals surface area (Å²) in [4.78, 5) is 14.2. The largest absolute Gasteiger partial charge is 0.379 e. The minimum Gasteiger partial charge on any atom is -0.379 e. The third kappa shape index (κ3) is 2.38. The van der Waals surface area contributed by atoms with Crippen LogP contribution in [-0.4, -0.2) is 16.5 Å². The average Bonchev–Trinajstić information content (AvgIpc) is 3.07. The molecule has 1 fully saturated rings. The lowest BCUT2D eigenvalue weighted by Gasteiger charge is -2.20. The number of nitro groups is 1. The zero-order chi connectivity index (χ0) is 12.5. The van der Waals surface area contributed by atoms with E-state index < -0.39 is 4.92 Å². The molecule has 1 saturated carbocycles. The number of hydrogen-bond donors (Lipinski definition) is 1. The van der Waals surface area contributed by atoms with Crippen molar-refractivity contribution < 1.29 is 4.92 Å². The van der Waals surface area contributed by atoms with Crippen LogP contribution in [0.5, 0.6) is 0 Å². The fraction of sp³-hybridized carbons (Fsp3) is 0.583. The van der Waals surface area contributed by atoms with Gasteiger partial charge in [0.1, 0.15) is 11.9 Å². The lowest BCUT2D eigenvalue weighted by Crippen LogP contribution is -2.21. The number of hydrogen-bond acceptors (Lipinski definition) is 4. The molecule has 2 rings (SSSR count). The van der Waals surface area contributed by atoms with Crippen molar-refractivity contribution in [3.8, 4) is 0 Å². The second-order valence-electron chi connectivity index (χ2n) is 5.02. The van der Waals surface area contributed by atoms with E-state index in [9.17, 15) is 10.1 Å². The summed E-state index contributed by atoms with van der Waals surface area (Å²) >= 11 is 0. The molecular weight excluding hydrogens is 218 g/mol. The third-order valence-corrected chi connectivity index (χ3v) is 3.74. The molecular formula is C12H17N3O2. The molecule has 1 heterocycles. The Morgan fingerprint density at radius 1 is 1.59 bits per heavy atom. The Morgan fingerprint density at radius 2 is 2.29 bits per heavy atom. The molecule has 1 aliphatic rings. The van der Waals surface area contributed by atoms with Crippen LogP contribution < -0.4 is 5.32 Å². The van der Waals surface area contributed by atoms with Crippen molar-refractivity contribution in [1.29, 1.82) is 0 Å². The van der Waals surface area contributed by atoms with Crippen LogP contribution in [0.2, 0.25) is 0 Å². The van der Waals surface area contributed by atoms with Crippen LogP contribution in [0.15, 0.2) is 18.5 Å². The number of aromatic nitrogens is 1. The smallest absolute Gasteiger partial charge is 0.310 e. The second-order valence-corrected chi connectivity index (χ2v) is 5.02. The average molecular weight is 235 g/mol. The number of pyridine rings is 1. The predicted molar refractivity (Wildman–Crippen MR) is 65.9 cm³/mol. The van der Waals surface area contributed by atoms with Crippen LogP contribution >= 0.6 is 0 Å². The number of nitrogens with zero attached hydrogens (tertiary/aromatic N) is 2. The Morgan fingerprint density at radius 3 is 2.82 bits per heavy atom. The van der Waals surface area contributed by atoms with Gasteiger partial charge in [-0.15, -0.1) is 0 Å². The number of anilines is 1. The minimum absolute atomic E-state index is 0.0482. The third-order valence-electron chi connectivity index (χ3n) is 3.74. The van der Waals surface area contributed by atoms with Gasteiger partial charge in [-0.05, 0) is 30.2 Å². The highest BCUT2D eigenvalue weighted by atomic mass is 16.6. The van der Waals surface area contributed by atoms with Gasteiger partial charge in [-0.1, -0.05) is 13.8 Å². The van der Waals surface area contributed by atoms with Crippen molar-refractivity contribution in [3.05, 3.63) is 28.6 Å². The van der Waals surface area contributed by atoms with Gasteiger partial charge in [-0.3, -0.25) is 15.1 Å². The Bertz CT molecular complexity index is 428. The molecule has 0 aliphatic heterocycles. The first-order chi connectivity index (χ1) is 8.05. The Kier molecular flexibility index (Phi) is 3.00. The van der Waals surface area contributed by atoms with Crippen molar-refractivity contribution in [3.63, 3.8) is 0 Å². The second kappa shape index (κ2) is 4.31. The van der Waals surface area contributed by atoms with Crippen LogP contribution in [0.4, 0.5) is 11.4 Å². The highest BCUT2D eigenvalue weighted by Crippen LogP contribution is 2.51. The van der Waals surface area contributed by atoms with Crippen LogP contribution in [0, 0.1) is 21.4 Å². The van der Waals surface area contributed by atoms with Gasteiger partial charge in [0.15, 0.2) is 0 Å². The van der Waals surface area contributed by atoms with Crippen molar-refractivity contribution in [2.45, 2.75) is 26.7 Å². The van der Waals surface area contributed by atoms with Gasteiger partial charge in [-0.25, -0.2) is 0 Å². The topological polar surface area (TPSA) is 68.1 Å². The van der Waals surface area contributed by atoms with E-state index in [4.69, 9.17) is 0 Å². The molecule has 1 N–H and O–H groups in total.